The van der Waals surface area contributed by atoms with E-state index in [1.807, 2.05) is 13.8 Å². The Bertz CT molecular complexity index is 658. The van der Waals surface area contributed by atoms with Crippen molar-refractivity contribution >= 4 is 35.4 Å². The average molecular weight is 495 g/mol. The SMILES string of the molecule is CC(C)C(=O)C(=O)O.CC(C)CC(=O)C(=O)O.CC(C)C[C@H](N)C(=O)O.CC(C)[C@H](N)C(=O)O. The summed E-state index contributed by atoms with van der Waals surface area (Å²) in [4.78, 5) is 60.4. The summed E-state index contributed by atoms with van der Waals surface area (Å²) in [5.41, 5.74) is 10.4. The monoisotopic (exact) mass is 494 g/mol. The predicted octanol–water partition coefficient (Wildman–Crippen LogP) is 1.48. The van der Waals surface area contributed by atoms with Gasteiger partial charge in [0.15, 0.2) is 0 Å². The number of aliphatic carboxylic acids is 4. The van der Waals surface area contributed by atoms with Crippen molar-refractivity contribution in [2.45, 2.75) is 80.3 Å². The molecule has 0 radical (unpaired) electrons. The highest BCUT2D eigenvalue weighted by atomic mass is 16.4. The van der Waals surface area contributed by atoms with Crippen molar-refractivity contribution in [3.05, 3.63) is 0 Å². The first kappa shape index (κ1) is 38.4. The van der Waals surface area contributed by atoms with Crippen molar-refractivity contribution in [2.24, 2.45) is 35.1 Å². The third kappa shape index (κ3) is 27.2. The Morgan fingerprint density at radius 3 is 1.12 bits per heavy atom. The van der Waals surface area contributed by atoms with Crippen LogP contribution < -0.4 is 11.5 Å². The molecule has 0 aromatic carbocycles. The van der Waals surface area contributed by atoms with E-state index in [9.17, 15) is 28.8 Å². The van der Waals surface area contributed by atoms with Crippen molar-refractivity contribution < 1.29 is 49.2 Å². The van der Waals surface area contributed by atoms with Crippen LogP contribution >= 0.6 is 0 Å². The number of Topliss-reactive ketones (excluding diaryl/α,β-unsaturated/α-hetero) is 2. The number of hydrogen-bond acceptors (Lipinski definition) is 8. The van der Waals surface area contributed by atoms with E-state index in [2.05, 4.69) is 0 Å². The predicted molar refractivity (Wildman–Crippen MR) is 125 cm³/mol. The van der Waals surface area contributed by atoms with Crippen LogP contribution in [-0.2, 0) is 28.8 Å². The Morgan fingerprint density at radius 2 is 1.06 bits per heavy atom. The van der Waals surface area contributed by atoms with Gasteiger partial charge in [0.25, 0.3) is 0 Å². The summed E-state index contributed by atoms with van der Waals surface area (Å²) < 4.78 is 0. The Balaban J connectivity index is -0.000000177. The molecule has 12 heteroatoms. The van der Waals surface area contributed by atoms with E-state index in [1.54, 1.807) is 41.5 Å². The zero-order chi connectivity index (χ0) is 28.3. The fourth-order valence-corrected chi connectivity index (χ4v) is 1.60. The van der Waals surface area contributed by atoms with Gasteiger partial charge in [0.05, 0.1) is 0 Å². The zero-order valence-corrected chi connectivity index (χ0v) is 21.3. The largest absolute Gasteiger partial charge is 0.480 e. The maximum Gasteiger partial charge on any atom is 0.372 e. The van der Waals surface area contributed by atoms with Crippen LogP contribution in [-0.4, -0.2) is 68.0 Å². The van der Waals surface area contributed by atoms with Gasteiger partial charge in [-0.15, -0.1) is 0 Å². The molecule has 200 valence electrons. The number of rotatable bonds is 10. The summed E-state index contributed by atoms with van der Waals surface area (Å²) >= 11 is 0. The van der Waals surface area contributed by atoms with Crippen molar-refractivity contribution in [2.75, 3.05) is 0 Å². The van der Waals surface area contributed by atoms with Crippen molar-refractivity contribution in [1.29, 1.82) is 0 Å². The van der Waals surface area contributed by atoms with Crippen LogP contribution in [0.2, 0.25) is 0 Å². The van der Waals surface area contributed by atoms with Gasteiger partial charge in [-0.05, 0) is 24.2 Å². The average Bonchev–Trinajstić information content (AvgIpc) is 2.66. The summed E-state index contributed by atoms with van der Waals surface area (Å²) in [5, 5.41) is 32.6. The molecular weight excluding hydrogens is 452 g/mol. The van der Waals surface area contributed by atoms with Crippen LogP contribution in [0.1, 0.15) is 68.2 Å². The standard InChI is InChI=1S/C6H13NO2.C6H10O3.C5H11NO2.C5H8O3/c2*1-4(2)3-5(7)6(8)9;2*1-3(2)4(6)5(7)8/h4-5H,3,7H2,1-2H3,(H,8,9);4H,3H2,1-2H3,(H,8,9);3-4H,6H2,1-2H3,(H,7,8);3H,1-2H3,(H,7,8)/t5-;;4-;/m0.0./s1. The number of carbonyl (C=O) groups is 6. The van der Waals surface area contributed by atoms with E-state index in [4.69, 9.17) is 31.9 Å². The molecule has 0 aliphatic carbocycles. The molecule has 0 aromatic rings. The van der Waals surface area contributed by atoms with E-state index >= 15 is 0 Å². The number of ketones is 2. The summed E-state index contributed by atoms with van der Waals surface area (Å²) in [7, 11) is 0. The van der Waals surface area contributed by atoms with Crippen LogP contribution in [0.15, 0.2) is 0 Å². The first-order chi connectivity index (χ1) is 15.2. The quantitative estimate of drug-likeness (QED) is 0.237. The number of carboxylic acid groups (broad SMARTS) is 4. The Hall–Kier alpha value is -2.86. The Morgan fingerprint density at radius 1 is 0.647 bits per heavy atom. The summed E-state index contributed by atoms with van der Waals surface area (Å²) in [5.74, 6) is -5.84. The maximum absolute atomic E-state index is 10.4. The molecule has 0 aromatic heterocycles. The molecule has 2 atom stereocenters. The Labute approximate surface area is 200 Å². The van der Waals surface area contributed by atoms with E-state index < -0.39 is 53.4 Å². The van der Waals surface area contributed by atoms with Crippen LogP contribution in [0.25, 0.3) is 0 Å². The molecule has 0 aliphatic rings. The highest BCUT2D eigenvalue weighted by Crippen LogP contribution is 2.01. The van der Waals surface area contributed by atoms with Gasteiger partial charge in [-0.1, -0.05) is 55.4 Å². The lowest BCUT2D eigenvalue weighted by Crippen LogP contribution is -2.34. The van der Waals surface area contributed by atoms with Crippen LogP contribution in [0.3, 0.4) is 0 Å². The molecular formula is C22H42N2O10. The lowest BCUT2D eigenvalue weighted by Gasteiger charge is -2.07. The van der Waals surface area contributed by atoms with Gasteiger partial charge in [-0.3, -0.25) is 19.2 Å². The van der Waals surface area contributed by atoms with Gasteiger partial charge in [0.1, 0.15) is 12.1 Å². The minimum Gasteiger partial charge on any atom is -0.480 e. The molecule has 0 unspecified atom stereocenters. The molecule has 0 saturated heterocycles. The third-order valence-electron chi connectivity index (χ3n) is 3.61. The fourth-order valence-electron chi connectivity index (χ4n) is 1.60. The second kappa shape index (κ2) is 20.7. The van der Waals surface area contributed by atoms with Gasteiger partial charge < -0.3 is 31.9 Å². The molecule has 0 bridgehead atoms. The van der Waals surface area contributed by atoms with Gasteiger partial charge in [0, 0.05) is 12.3 Å². The smallest absolute Gasteiger partial charge is 0.372 e. The second-order valence-corrected chi connectivity index (χ2v) is 8.83. The van der Waals surface area contributed by atoms with Crippen LogP contribution in [0, 0.1) is 23.7 Å². The number of hydrogen-bond donors (Lipinski definition) is 6. The maximum atomic E-state index is 10.4. The van der Waals surface area contributed by atoms with Crippen molar-refractivity contribution in [1.82, 2.24) is 0 Å². The number of nitrogens with two attached hydrogens (primary N) is 2. The number of carboxylic acids is 4. The first-order valence-electron chi connectivity index (χ1n) is 10.7. The zero-order valence-electron chi connectivity index (χ0n) is 21.3. The molecule has 34 heavy (non-hydrogen) atoms. The normalized spacial score (nSPS) is 11.7. The first-order valence-corrected chi connectivity index (χ1v) is 10.7. The minimum atomic E-state index is -1.35. The van der Waals surface area contributed by atoms with Crippen LogP contribution in [0.4, 0.5) is 0 Å². The highest BCUT2D eigenvalue weighted by molar-refractivity contribution is 6.33. The molecule has 0 saturated carbocycles. The lowest BCUT2D eigenvalue weighted by molar-refractivity contribution is -0.150. The van der Waals surface area contributed by atoms with Gasteiger partial charge in [-0.25, -0.2) is 9.59 Å². The highest BCUT2D eigenvalue weighted by Gasteiger charge is 2.15. The summed E-state index contributed by atoms with van der Waals surface area (Å²) in [6, 6.07) is -1.40. The number of carbonyl (C=O) groups excluding carboxylic acids is 2. The molecule has 8 N–H and O–H groups in total. The van der Waals surface area contributed by atoms with E-state index in [1.165, 1.54) is 0 Å². The molecule has 0 spiro atoms. The van der Waals surface area contributed by atoms with E-state index in [-0.39, 0.29) is 18.3 Å². The Kier molecular flexibility index (Phi) is 23.4. The van der Waals surface area contributed by atoms with E-state index in [0.717, 1.165) is 0 Å². The van der Waals surface area contributed by atoms with Crippen molar-refractivity contribution in [3.63, 3.8) is 0 Å². The third-order valence-corrected chi connectivity index (χ3v) is 3.61. The minimum absolute atomic E-state index is 0.0208. The van der Waals surface area contributed by atoms with Gasteiger partial charge in [-0.2, -0.15) is 0 Å². The van der Waals surface area contributed by atoms with Crippen molar-refractivity contribution in [3.8, 4) is 0 Å². The van der Waals surface area contributed by atoms with Gasteiger partial charge >= 0.3 is 23.9 Å². The molecule has 0 rings (SSSR count). The van der Waals surface area contributed by atoms with Gasteiger partial charge in [0.2, 0.25) is 11.6 Å². The molecule has 12 nitrogen and oxygen atoms in total. The second-order valence-electron chi connectivity index (χ2n) is 8.83. The summed E-state index contributed by atoms with van der Waals surface area (Å²) in [6.45, 7) is 14.2. The topological polar surface area (TPSA) is 235 Å². The lowest BCUT2D eigenvalue weighted by atomic mass is 10.1. The molecule has 0 fully saturated rings. The summed E-state index contributed by atoms with van der Waals surface area (Å²) in [6.07, 6.45) is 0.685. The van der Waals surface area contributed by atoms with Crippen LogP contribution in [0.5, 0.6) is 0 Å². The fraction of sp³-hybridized carbons (Fsp3) is 0.727. The molecule has 0 aliphatic heterocycles. The molecule has 0 amide bonds. The molecule has 0 heterocycles. The van der Waals surface area contributed by atoms with E-state index in [0.29, 0.717) is 12.3 Å².